The molecule has 0 radical (unpaired) electrons. The van der Waals surface area contributed by atoms with E-state index in [0.717, 1.165) is 46.5 Å². The first-order valence-corrected chi connectivity index (χ1v) is 9.98. The molecule has 9 nitrogen and oxygen atoms in total. The maximum Gasteiger partial charge on any atom is 0.228 e. The molecule has 1 aliphatic rings. The number of nitrogens with zero attached hydrogens (tertiary/aromatic N) is 6. The molecule has 0 saturated heterocycles. The second-order valence-corrected chi connectivity index (χ2v) is 8.56. The number of aryl methyl sites for hydroxylation is 1. The van der Waals surface area contributed by atoms with Crippen LogP contribution in [0.15, 0.2) is 30.7 Å². The Labute approximate surface area is 173 Å². The van der Waals surface area contributed by atoms with Gasteiger partial charge < -0.3 is 15.2 Å². The highest BCUT2D eigenvalue weighted by Gasteiger charge is 2.47. The summed E-state index contributed by atoms with van der Waals surface area (Å²) in [5.74, 6) is 1.59. The van der Waals surface area contributed by atoms with Crippen LogP contribution < -0.4 is 5.32 Å². The minimum atomic E-state index is -0.302. The molecule has 1 aliphatic carbocycles. The number of carbonyl (C=O) groups is 1. The summed E-state index contributed by atoms with van der Waals surface area (Å²) >= 11 is 0. The van der Waals surface area contributed by atoms with Crippen LogP contribution in [0.5, 0.6) is 0 Å². The van der Waals surface area contributed by atoms with Gasteiger partial charge in [-0.1, -0.05) is 6.92 Å². The number of nitrogens with one attached hydrogen (secondary N) is 2. The van der Waals surface area contributed by atoms with E-state index in [0.29, 0.717) is 5.95 Å². The SMILES string of the molecule is Cc1nnc2ccc(-c3c[nH]c4nc(N[C@H]5C[C@@](C)(C(=O)N(C)C)C5)ncc34)cn12. The monoisotopic (exact) mass is 404 g/mol. The summed E-state index contributed by atoms with van der Waals surface area (Å²) in [7, 11) is 3.60. The fraction of sp³-hybridized carbons (Fsp3) is 0.381. The Morgan fingerprint density at radius 1 is 1.30 bits per heavy atom. The van der Waals surface area contributed by atoms with Crippen molar-refractivity contribution in [2.75, 3.05) is 19.4 Å². The molecule has 4 aromatic heterocycles. The lowest BCUT2D eigenvalue weighted by atomic mass is 9.66. The molecule has 1 saturated carbocycles. The van der Waals surface area contributed by atoms with Gasteiger partial charge in [0.2, 0.25) is 11.9 Å². The first kappa shape index (κ1) is 18.5. The van der Waals surface area contributed by atoms with Crippen molar-refractivity contribution in [3.8, 4) is 11.1 Å². The summed E-state index contributed by atoms with van der Waals surface area (Å²) in [6, 6.07) is 4.17. The third-order valence-corrected chi connectivity index (χ3v) is 5.97. The molecule has 2 N–H and O–H groups in total. The Hall–Kier alpha value is -3.49. The van der Waals surface area contributed by atoms with Crippen LogP contribution in [0.1, 0.15) is 25.6 Å². The van der Waals surface area contributed by atoms with Crippen LogP contribution in [0.25, 0.3) is 27.8 Å². The lowest BCUT2D eigenvalue weighted by Crippen LogP contribution is -2.52. The summed E-state index contributed by atoms with van der Waals surface area (Å²) in [4.78, 5) is 26.4. The van der Waals surface area contributed by atoms with Gasteiger partial charge in [-0.25, -0.2) is 4.98 Å². The van der Waals surface area contributed by atoms with E-state index < -0.39 is 0 Å². The second-order valence-electron chi connectivity index (χ2n) is 8.56. The number of rotatable bonds is 4. The van der Waals surface area contributed by atoms with Crippen molar-refractivity contribution in [1.82, 2.24) is 34.4 Å². The molecule has 0 aromatic carbocycles. The van der Waals surface area contributed by atoms with Crippen molar-refractivity contribution in [1.29, 1.82) is 0 Å². The number of H-pyrrole nitrogens is 1. The lowest BCUT2D eigenvalue weighted by Gasteiger charge is -2.45. The largest absolute Gasteiger partial charge is 0.351 e. The Morgan fingerprint density at radius 2 is 2.10 bits per heavy atom. The van der Waals surface area contributed by atoms with E-state index in [-0.39, 0.29) is 17.4 Å². The zero-order chi connectivity index (χ0) is 21.0. The van der Waals surface area contributed by atoms with Crippen molar-refractivity contribution in [2.24, 2.45) is 5.41 Å². The smallest absolute Gasteiger partial charge is 0.228 e. The van der Waals surface area contributed by atoms with Gasteiger partial charge in [-0.3, -0.25) is 9.20 Å². The van der Waals surface area contributed by atoms with E-state index in [1.54, 1.807) is 19.0 Å². The van der Waals surface area contributed by atoms with Gasteiger partial charge in [0, 0.05) is 55.2 Å². The van der Waals surface area contributed by atoms with Crippen LogP contribution in [-0.4, -0.2) is 60.5 Å². The molecule has 0 bridgehead atoms. The maximum atomic E-state index is 12.3. The number of carbonyl (C=O) groups excluding carboxylic acids is 1. The molecule has 0 atom stereocenters. The number of aromatic nitrogens is 6. The van der Waals surface area contributed by atoms with Crippen molar-refractivity contribution in [3.63, 3.8) is 0 Å². The minimum absolute atomic E-state index is 0.172. The number of amides is 1. The predicted molar refractivity (Wildman–Crippen MR) is 114 cm³/mol. The average Bonchev–Trinajstić information content (AvgIpc) is 3.29. The number of hydrogen-bond donors (Lipinski definition) is 2. The van der Waals surface area contributed by atoms with Crippen LogP contribution >= 0.6 is 0 Å². The van der Waals surface area contributed by atoms with Crippen molar-refractivity contribution >= 4 is 28.5 Å². The van der Waals surface area contributed by atoms with E-state index in [2.05, 4.69) is 30.5 Å². The third-order valence-electron chi connectivity index (χ3n) is 5.97. The molecule has 4 heterocycles. The molecule has 4 aromatic rings. The van der Waals surface area contributed by atoms with Crippen molar-refractivity contribution in [2.45, 2.75) is 32.7 Å². The molecule has 1 fully saturated rings. The molecular formula is C21H24N8O. The van der Waals surface area contributed by atoms with Crippen LogP contribution in [0, 0.1) is 12.3 Å². The molecule has 9 heteroatoms. The number of pyridine rings is 1. The number of hydrogen-bond acceptors (Lipinski definition) is 6. The van der Waals surface area contributed by atoms with Gasteiger partial charge in [0.25, 0.3) is 0 Å². The minimum Gasteiger partial charge on any atom is -0.351 e. The maximum absolute atomic E-state index is 12.3. The molecule has 154 valence electrons. The summed E-state index contributed by atoms with van der Waals surface area (Å²) in [6.45, 7) is 3.95. The van der Waals surface area contributed by atoms with E-state index in [1.165, 1.54) is 0 Å². The Balaban J connectivity index is 1.37. The van der Waals surface area contributed by atoms with Gasteiger partial charge in [0.15, 0.2) is 5.65 Å². The predicted octanol–water partition coefficient (Wildman–Crippen LogP) is 2.64. The highest BCUT2D eigenvalue weighted by molar-refractivity contribution is 5.93. The van der Waals surface area contributed by atoms with Gasteiger partial charge in [-0.05, 0) is 31.9 Å². The standard InChI is InChI=1S/C21H24N8O/c1-12-26-27-17-6-5-13(11-29(12)17)15-9-22-18-16(15)10-23-20(25-18)24-14-7-21(2,8-14)19(30)28(3)4/h5-6,9-11,14H,7-8H2,1-4H3,(H2,22,23,24,25)/t14-,21+. The molecule has 1 amide bonds. The van der Waals surface area contributed by atoms with Gasteiger partial charge in [0.1, 0.15) is 11.5 Å². The molecule has 0 unspecified atom stereocenters. The van der Waals surface area contributed by atoms with E-state index in [9.17, 15) is 4.79 Å². The molecule has 0 aliphatic heterocycles. The van der Waals surface area contributed by atoms with Crippen LogP contribution in [-0.2, 0) is 4.79 Å². The highest BCUT2D eigenvalue weighted by Crippen LogP contribution is 2.43. The normalized spacial score (nSPS) is 21.0. The third kappa shape index (κ3) is 2.89. The average molecular weight is 404 g/mol. The first-order chi connectivity index (χ1) is 14.3. The molecule has 5 rings (SSSR count). The van der Waals surface area contributed by atoms with E-state index >= 15 is 0 Å². The van der Waals surface area contributed by atoms with E-state index in [1.807, 2.05) is 49.0 Å². The highest BCUT2D eigenvalue weighted by atomic mass is 16.2. The molecule has 30 heavy (non-hydrogen) atoms. The Morgan fingerprint density at radius 3 is 2.87 bits per heavy atom. The fourth-order valence-electron chi connectivity index (χ4n) is 4.41. The number of aromatic amines is 1. The zero-order valence-corrected chi connectivity index (χ0v) is 17.5. The van der Waals surface area contributed by atoms with Crippen molar-refractivity contribution in [3.05, 3.63) is 36.5 Å². The van der Waals surface area contributed by atoms with Gasteiger partial charge >= 0.3 is 0 Å². The summed E-state index contributed by atoms with van der Waals surface area (Å²) in [5, 5.41) is 12.6. The van der Waals surface area contributed by atoms with Gasteiger partial charge in [-0.2, -0.15) is 4.98 Å². The fourth-order valence-corrected chi connectivity index (χ4v) is 4.41. The molecular weight excluding hydrogens is 380 g/mol. The lowest BCUT2D eigenvalue weighted by molar-refractivity contribution is -0.143. The Bertz CT molecular complexity index is 1260. The van der Waals surface area contributed by atoms with Crippen LogP contribution in [0.2, 0.25) is 0 Å². The van der Waals surface area contributed by atoms with Gasteiger partial charge in [0.05, 0.1) is 5.41 Å². The number of anilines is 1. The second kappa shape index (κ2) is 6.51. The van der Waals surface area contributed by atoms with Gasteiger partial charge in [-0.15, -0.1) is 10.2 Å². The quantitative estimate of drug-likeness (QED) is 0.542. The molecule has 0 spiro atoms. The number of fused-ring (bicyclic) bond motifs is 2. The summed E-state index contributed by atoms with van der Waals surface area (Å²) in [6.07, 6.45) is 7.36. The van der Waals surface area contributed by atoms with E-state index in [4.69, 9.17) is 0 Å². The van der Waals surface area contributed by atoms with Crippen molar-refractivity contribution < 1.29 is 4.79 Å². The topological polar surface area (TPSA) is 104 Å². The Kier molecular flexibility index (Phi) is 4.02. The first-order valence-electron chi connectivity index (χ1n) is 9.98. The summed E-state index contributed by atoms with van der Waals surface area (Å²) < 4.78 is 1.97. The zero-order valence-electron chi connectivity index (χ0n) is 17.5. The summed E-state index contributed by atoms with van der Waals surface area (Å²) in [5.41, 5.74) is 3.36. The van der Waals surface area contributed by atoms with Crippen LogP contribution in [0.3, 0.4) is 0 Å². The van der Waals surface area contributed by atoms with Crippen LogP contribution in [0.4, 0.5) is 5.95 Å².